The van der Waals surface area contributed by atoms with Crippen LogP contribution in [0.5, 0.6) is 0 Å². The molecule has 2 aromatic carbocycles. The molecule has 5 nitrogen and oxygen atoms in total. The number of carbonyl (C=O) groups is 1. The number of rotatable bonds is 6. The molecule has 0 aliphatic carbocycles. The molecule has 2 aromatic rings. The highest BCUT2D eigenvalue weighted by Crippen LogP contribution is 2.10. The Morgan fingerprint density at radius 2 is 1.65 bits per heavy atom. The lowest BCUT2D eigenvalue weighted by Gasteiger charge is -2.14. The van der Waals surface area contributed by atoms with E-state index < -0.39 is 16.1 Å². The minimum atomic E-state index is -3.72. The van der Waals surface area contributed by atoms with Gasteiger partial charge in [-0.25, -0.2) is 8.42 Å². The normalized spacial score (nSPS) is 12.6. The highest BCUT2D eigenvalue weighted by molar-refractivity contribution is 7.89. The number of nitrogens with one attached hydrogen (secondary N) is 2. The minimum Gasteiger partial charge on any atom is -0.351 e. The molecular formula is C17H20N2O3S. The molecule has 0 radical (unpaired) electrons. The Bertz CT molecular complexity index is 756. The highest BCUT2D eigenvalue weighted by atomic mass is 32.2. The molecule has 2 N–H and O–H groups in total. The number of amides is 1. The number of carbonyl (C=O) groups excluding carboxylic acids is 1. The van der Waals surface area contributed by atoms with Crippen LogP contribution in [0.2, 0.25) is 0 Å². The Morgan fingerprint density at radius 1 is 1.04 bits per heavy atom. The van der Waals surface area contributed by atoms with E-state index in [1.807, 2.05) is 37.3 Å². The van der Waals surface area contributed by atoms with Crippen LogP contribution in [0.1, 0.15) is 18.1 Å². The molecule has 0 heterocycles. The molecule has 0 aliphatic heterocycles. The number of sulfonamides is 1. The van der Waals surface area contributed by atoms with Crippen molar-refractivity contribution in [3.63, 3.8) is 0 Å². The first-order chi connectivity index (χ1) is 10.9. The Balaban J connectivity index is 1.96. The topological polar surface area (TPSA) is 75.3 Å². The van der Waals surface area contributed by atoms with Crippen molar-refractivity contribution in [2.45, 2.75) is 31.3 Å². The van der Waals surface area contributed by atoms with Crippen LogP contribution in [0.15, 0.2) is 59.5 Å². The van der Waals surface area contributed by atoms with Crippen LogP contribution in [-0.4, -0.2) is 20.4 Å². The lowest BCUT2D eigenvalue weighted by Crippen LogP contribution is -2.44. The van der Waals surface area contributed by atoms with Crippen molar-refractivity contribution in [2.24, 2.45) is 0 Å². The molecule has 122 valence electrons. The number of benzene rings is 2. The van der Waals surface area contributed by atoms with Crippen molar-refractivity contribution in [2.75, 3.05) is 0 Å². The van der Waals surface area contributed by atoms with Gasteiger partial charge in [-0.05, 0) is 31.5 Å². The fraction of sp³-hybridized carbons (Fsp3) is 0.235. The monoisotopic (exact) mass is 332 g/mol. The van der Waals surface area contributed by atoms with Crippen LogP contribution in [0.4, 0.5) is 0 Å². The summed E-state index contributed by atoms with van der Waals surface area (Å²) in [6.07, 6.45) is 0. The van der Waals surface area contributed by atoms with Gasteiger partial charge >= 0.3 is 0 Å². The highest BCUT2D eigenvalue weighted by Gasteiger charge is 2.21. The van der Waals surface area contributed by atoms with E-state index in [1.54, 1.807) is 12.1 Å². The maximum atomic E-state index is 12.2. The summed E-state index contributed by atoms with van der Waals surface area (Å²) in [4.78, 5) is 12.2. The fourth-order valence-corrected chi connectivity index (χ4v) is 3.21. The quantitative estimate of drug-likeness (QED) is 0.849. The second-order valence-electron chi connectivity index (χ2n) is 5.36. The Labute approximate surface area is 136 Å². The van der Waals surface area contributed by atoms with E-state index in [-0.39, 0.29) is 10.8 Å². The number of hydrogen-bond donors (Lipinski definition) is 2. The Kier molecular flexibility index (Phi) is 5.52. The van der Waals surface area contributed by atoms with Crippen molar-refractivity contribution in [1.29, 1.82) is 0 Å². The number of aryl methyl sites for hydroxylation is 1. The summed E-state index contributed by atoms with van der Waals surface area (Å²) in [5, 5.41) is 2.72. The minimum absolute atomic E-state index is 0.144. The van der Waals surface area contributed by atoms with Crippen LogP contribution >= 0.6 is 0 Å². The maximum absolute atomic E-state index is 12.2. The van der Waals surface area contributed by atoms with Crippen LogP contribution in [0.3, 0.4) is 0 Å². The van der Waals surface area contributed by atoms with Gasteiger partial charge in [0.25, 0.3) is 0 Å². The smallest absolute Gasteiger partial charge is 0.241 e. The van der Waals surface area contributed by atoms with Crippen molar-refractivity contribution in [3.8, 4) is 0 Å². The lowest BCUT2D eigenvalue weighted by atomic mass is 10.2. The second-order valence-corrected chi connectivity index (χ2v) is 7.07. The van der Waals surface area contributed by atoms with E-state index in [4.69, 9.17) is 0 Å². The molecule has 6 heteroatoms. The van der Waals surface area contributed by atoms with E-state index in [0.29, 0.717) is 6.54 Å². The Hall–Kier alpha value is -2.18. The zero-order valence-electron chi connectivity index (χ0n) is 13.1. The van der Waals surface area contributed by atoms with Crippen molar-refractivity contribution >= 4 is 15.9 Å². The Morgan fingerprint density at radius 3 is 2.26 bits per heavy atom. The van der Waals surface area contributed by atoms with Gasteiger partial charge in [-0.15, -0.1) is 0 Å². The van der Waals surface area contributed by atoms with E-state index in [1.165, 1.54) is 19.1 Å². The molecule has 1 amide bonds. The molecule has 0 saturated heterocycles. The zero-order chi connectivity index (χ0) is 16.9. The van der Waals surface area contributed by atoms with Gasteiger partial charge in [0.2, 0.25) is 15.9 Å². The summed E-state index contributed by atoms with van der Waals surface area (Å²) < 4.78 is 26.9. The molecule has 0 aliphatic rings. The molecule has 23 heavy (non-hydrogen) atoms. The molecule has 0 bridgehead atoms. The van der Waals surface area contributed by atoms with Gasteiger partial charge in [-0.2, -0.15) is 4.72 Å². The number of hydrogen-bond acceptors (Lipinski definition) is 3. The first kappa shape index (κ1) is 17.2. The van der Waals surface area contributed by atoms with Gasteiger partial charge in [0.05, 0.1) is 10.9 Å². The summed E-state index contributed by atoms with van der Waals surface area (Å²) in [6.45, 7) is 3.76. The average Bonchev–Trinajstić information content (AvgIpc) is 2.53. The summed E-state index contributed by atoms with van der Waals surface area (Å²) in [6, 6.07) is 15.1. The van der Waals surface area contributed by atoms with Gasteiger partial charge in [-0.3, -0.25) is 4.79 Å². The second kappa shape index (κ2) is 7.39. The fourth-order valence-electron chi connectivity index (χ4n) is 2.01. The van der Waals surface area contributed by atoms with Crippen LogP contribution in [0.25, 0.3) is 0 Å². The van der Waals surface area contributed by atoms with Crippen molar-refractivity contribution in [1.82, 2.24) is 10.0 Å². The summed E-state index contributed by atoms with van der Waals surface area (Å²) in [5.74, 6) is -0.371. The lowest BCUT2D eigenvalue weighted by molar-refractivity contribution is -0.122. The molecule has 0 saturated carbocycles. The van der Waals surface area contributed by atoms with Crippen LogP contribution < -0.4 is 10.0 Å². The molecule has 0 unspecified atom stereocenters. The summed E-state index contributed by atoms with van der Waals surface area (Å²) in [7, 11) is -3.72. The summed E-state index contributed by atoms with van der Waals surface area (Å²) in [5.41, 5.74) is 1.92. The van der Waals surface area contributed by atoms with Gasteiger partial charge < -0.3 is 5.32 Å². The van der Waals surface area contributed by atoms with Gasteiger partial charge in [0, 0.05) is 6.54 Å². The predicted octanol–water partition coefficient (Wildman–Crippen LogP) is 1.98. The first-order valence-corrected chi connectivity index (χ1v) is 8.77. The molecular weight excluding hydrogens is 312 g/mol. The maximum Gasteiger partial charge on any atom is 0.241 e. The van der Waals surface area contributed by atoms with Crippen LogP contribution in [-0.2, 0) is 21.4 Å². The molecule has 1 atom stereocenters. The molecule has 2 rings (SSSR count). The first-order valence-electron chi connectivity index (χ1n) is 7.29. The third-order valence-electron chi connectivity index (χ3n) is 3.37. The van der Waals surface area contributed by atoms with E-state index >= 15 is 0 Å². The van der Waals surface area contributed by atoms with Crippen molar-refractivity contribution in [3.05, 3.63) is 65.7 Å². The van der Waals surface area contributed by atoms with Crippen molar-refractivity contribution < 1.29 is 13.2 Å². The zero-order valence-corrected chi connectivity index (χ0v) is 13.9. The third-order valence-corrected chi connectivity index (χ3v) is 4.92. The van der Waals surface area contributed by atoms with Gasteiger partial charge in [-0.1, -0.05) is 48.0 Å². The standard InChI is InChI=1S/C17H20N2O3S/c1-13-8-10-16(11-9-13)23(21,22)19-14(2)17(20)18-12-15-6-4-3-5-7-15/h3-11,14,19H,12H2,1-2H3,(H,18,20)/t14-/m1/s1. The van der Waals surface area contributed by atoms with E-state index in [9.17, 15) is 13.2 Å². The third kappa shape index (κ3) is 4.91. The van der Waals surface area contributed by atoms with Gasteiger partial charge in [0.15, 0.2) is 0 Å². The van der Waals surface area contributed by atoms with Gasteiger partial charge in [0.1, 0.15) is 0 Å². The molecule has 0 fully saturated rings. The predicted molar refractivity (Wildman–Crippen MR) is 89.3 cm³/mol. The van der Waals surface area contributed by atoms with Crippen LogP contribution in [0, 0.1) is 6.92 Å². The average molecular weight is 332 g/mol. The van der Waals surface area contributed by atoms with E-state index in [2.05, 4.69) is 10.0 Å². The largest absolute Gasteiger partial charge is 0.351 e. The summed E-state index contributed by atoms with van der Waals surface area (Å²) >= 11 is 0. The SMILES string of the molecule is Cc1ccc(S(=O)(=O)N[C@H](C)C(=O)NCc2ccccc2)cc1. The molecule has 0 spiro atoms. The molecule has 0 aromatic heterocycles. The van der Waals surface area contributed by atoms with E-state index in [0.717, 1.165) is 11.1 Å².